The van der Waals surface area contributed by atoms with E-state index in [4.69, 9.17) is 4.74 Å². The number of carboxylic acids is 1. The predicted molar refractivity (Wildman–Crippen MR) is 130 cm³/mol. The smallest absolute Gasteiger partial charge is 0.410 e. The number of nitrogens with zero attached hydrogens (tertiary/aromatic N) is 1. The van der Waals surface area contributed by atoms with Crippen molar-refractivity contribution in [2.24, 2.45) is 0 Å². The van der Waals surface area contributed by atoms with E-state index in [0.717, 1.165) is 6.04 Å². The molecule has 1 amide bonds. The van der Waals surface area contributed by atoms with Crippen molar-refractivity contribution in [3.63, 3.8) is 0 Å². The van der Waals surface area contributed by atoms with Gasteiger partial charge in [-0.1, -0.05) is 88.0 Å². The quantitative estimate of drug-likeness (QED) is 0.438. The van der Waals surface area contributed by atoms with Gasteiger partial charge in [-0.05, 0) is 32.4 Å². The Hall–Kier alpha value is -1.82. The minimum Gasteiger partial charge on any atom is -0.481 e. The summed E-state index contributed by atoms with van der Waals surface area (Å²) in [7, 11) is -0.00890. The van der Waals surface area contributed by atoms with Crippen molar-refractivity contribution >= 4 is 20.1 Å². The molecule has 0 fully saturated rings. The van der Waals surface area contributed by atoms with Gasteiger partial charge in [0.2, 0.25) is 0 Å². The summed E-state index contributed by atoms with van der Waals surface area (Å²) in [5.41, 5.74) is 3.36. The number of carbonyl (C=O) groups excluding carboxylic acids is 1. The third-order valence-electron chi connectivity index (χ3n) is 6.58. The van der Waals surface area contributed by atoms with Crippen molar-refractivity contribution in [2.75, 3.05) is 13.6 Å². The van der Waals surface area contributed by atoms with E-state index in [0.29, 0.717) is 22.2 Å². The van der Waals surface area contributed by atoms with Gasteiger partial charge in [-0.25, -0.2) is 4.79 Å². The molecule has 0 saturated heterocycles. The highest BCUT2D eigenvalue weighted by Crippen LogP contribution is 2.43. The molecule has 0 spiro atoms. The van der Waals surface area contributed by atoms with Crippen LogP contribution in [-0.4, -0.2) is 49.3 Å². The van der Waals surface area contributed by atoms with E-state index in [9.17, 15) is 14.7 Å². The van der Waals surface area contributed by atoms with Crippen LogP contribution in [0.5, 0.6) is 0 Å². The fraction of sp³-hybridized carbons (Fsp3) is 0.680. The molecule has 0 aliphatic heterocycles. The highest BCUT2D eigenvalue weighted by Gasteiger charge is 2.42. The summed E-state index contributed by atoms with van der Waals surface area (Å²) in [5.74, 6) is -1.74. The Balaban J connectivity index is 3.07. The number of hydrogen-bond donors (Lipinski definition) is 1. The fourth-order valence-electron chi connectivity index (χ4n) is 4.85. The van der Waals surface area contributed by atoms with Crippen LogP contribution in [0.25, 0.3) is 0 Å². The molecule has 31 heavy (non-hydrogen) atoms. The molecule has 176 valence electrons. The summed E-state index contributed by atoms with van der Waals surface area (Å²) in [6.07, 6.45) is -0.517. The molecule has 0 radical (unpaired) electrons. The van der Waals surface area contributed by atoms with E-state index < -0.39 is 31.7 Å². The number of aliphatic carboxylic acids is 1. The molecule has 1 unspecified atom stereocenters. The summed E-state index contributed by atoms with van der Waals surface area (Å²) < 4.78 is 5.36. The summed E-state index contributed by atoms with van der Waals surface area (Å²) in [5, 5.41) is 9.79. The Morgan fingerprint density at radius 2 is 1.42 bits per heavy atom. The first kappa shape index (κ1) is 27.2. The summed E-state index contributed by atoms with van der Waals surface area (Å²) in [6.45, 7) is 19.6. The molecule has 0 aromatic heterocycles. The van der Waals surface area contributed by atoms with Gasteiger partial charge in [0.05, 0.1) is 14.0 Å². The number of rotatable bonds is 9. The lowest BCUT2D eigenvalue weighted by atomic mass is 9.98. The Morgan fingerprint density at radius 3 is 1.77 bits per heavy atom. The minimum absolute atomic E-state index is 0.0618. The van der Waals surface area contributed by atoms with Crippen molar-refractivity contribution in [1.82, 2.24) is 4.90 Å². The topological polar surface area (TPSA) is 66.8 Å². The normalized spacial score (nSPS) is 13.6. The van der Waals surface area contributed by atoms with E-state index in [1.807, 2.05) is 12.1 Å². The van der Waals surface area contributed by atoms with Crippen LogP contribution in [0.1, 0.15) is 79.4 Å². The highest BCUT2D eigenvalue weighted by molar-refractivity contribution is 6.83. The lowest BCUT2D eigenvalue weighted by molar-refractivity contribution is -0.139. The van der Waals surface area contributed by atoms with Gasteiger partial charge >= 0.3 is 12.1 Å². The third kappa shape index (κ3) is 7.09. The van der Waals surface area contributed by atoms with Gasteiger partial charge in [0.15, 0.2) is 0 Å². The number of ether oxygens (including phenoxy) is 1. The molecule has 1 aromatic rings. The minimum atomic E-state index is -1.58. The Labute approximate surface area is 190 Å². The Bertz CT molecular complexity index is 713. The van der Waals surface area contributed by atoms with Crippen molar-refractivity contribution in [2.45, 2.75) is 96.5 Å². The van der Waals surface area contributed by atoms with Crippen molar-refractivity contribution in [3.8, 4) is 0 Å². The van der Waals surface area contributed by atoms with Gasteiger partial charge in [0.1, 0.15) is 5.60 Å². The average molecular weight is 450 g/mol. The Morgan fingerprint density at radius 1 is 0.968 bits per heavy atom. The van der Waals surface area contributed by atoms with E-state index in [1.165, 1.54) is 10.5 Å². The zero-order valence-electron chi connectivity index (χ0n) is 21.2. The maximum atomic E-state index is 12.3. The number of benzene rings is 1. The molecule has 0 saturated carbocycles. The largest absolute Gasteiger partial charge is 0.481 e. The number of likely N-dealkylation sites (N-methyl/N-ethyl adjacent to an activating group) is 1. The van der Waals surface area contributed by atoms with E-state index in [2.05, 4.69) is 53.7 Å². The molecule has 6 heteroatoms. The van der Waals surface area contributed by atoms with Gasteiger partial charge in [0.25, 0.3) is 0 Å². The predicted octanol–water partition coefficient (Wildman–Crippen LogP) is 6.48. The van der Waals surface area contributed by atoms with Crippen LogP contribution in [0.3, 0.4) is 0 Å². The van der Waals surface area contributed by atoms with Crippen LogP contribution in [0, 0.1) is 0 Å². The first-order valence-electron chi connectivity index (χ1n) is 11.4. The molecular formula is C25H43NO4Si. The maximum Gasteiger partial charge on any atom is 0.410 e. The molecule has 0 aliphatic rings. The maximum absolute atomic E-state index is 12.3. The fourth-order valence-corrected chi connectivity index (χ4v) is 11.0. The van der Waals surface area contributed by atoms with Crippen LogP contribution in [0.2, 0.25) is 16.6 Å². The van der Waals surface area contributed by atoms with Crippen molar-refractivity contribution in [1.29, 1.82) is 0 Å². The van der Waals surface area contributed by atoms with E-state index in [1.54, 1.807) is 27.8 Å². The van der Waals surface area contributed by atoms with E-state index in [-0.39, 0.29) is 6.54 Å². The summed E-state index contributed by atoms with van der Waals surface area (Å²) in [6, 6.07) is 9.07. The summed E-state index contributed by atoms with van der Waals surface area (Å²) in [4.78, 5) is 25.6. The average Bonchev–Trinajstić information content (AvgIpc) is 2.62. The van der Waals surface area contributed by atoms with Crippen molar-refractivity contribution < 1.29 is 19.4 Å². The standard InChI is InChI=1S/C25H43NO4Si/c1-17(2)31(18(3)4,19(5)6)16-20-11-13-21(14-12-20)22(23(27)28)15-26(10)24(29)30-25(7,8)9/h11-14,17-19,22H,15-16H2,1-10H3,(H,27,28). The van der Waals surface area contributed by atoms with Crippen LogP contribution >= 0.6 is 0 Å². The van der Waals surface area contributed by atoms with Crippen molar-refractivity contribution in [3.05, 3.63) is 35.4 Å². The second-order valence-corrected chi connectivity index (χ2v) is 16.8. The van der Waals surface area contributed by atoms with Gasteiger partial charge in [-0.15, -0.1) is 0 Å². The zero-order valence-corrected chi connectivity index (χ0v) is 22.2. The molecule has 1 aromatic carbocycles. The Kier molecular flexibility index (Phi) is 9.36. The number of carboxylic acid groups (broad SMARTS) is 1. The van der Waals surface area contributed by atoms with Crippen LogP contribution in [0.15, 0.2) is 24.3 Å². The lowest BCUT2D eigenvalue weighted by Crippen LogP contribution is -2.47. The molecular weight excluding hydrogens is 406 g/mol. The van der Waals surface area contributed by atoms with Crippen LogP contribution in [-0.2, 0) is 15.6 Å². The van der Waals surface area contributed by atoms with Gasteiger partial charge < -0.3 is 14.7 Å². The molecule has 1 rings (SSSR count). The second-order valence-electron chi connectivity index (χ2n) is 10.7. The molecule has 0 bridgehead atoms. The first-order chi connectivity index (χ1) is 14.1. The third-order valence-corrected chi connectivity index (χ3v) is 14.0. The number of hydrogen-bond acceptors (Lipinski definition) is 3. The molecule has 1 atom stereocenters. The SMILES string of the molecule is CC(C)[Si](Cc1ccc(C(CN(C)C(=O)OC(C)(C)C)C(=O)O)cc1)(C(C)C)C(C)C. The number of carbonyl (C=O) groups is 2. The van der Waals surface area contributed by atoms with Crippen LogP contribution in [0.4, 0.5) is 4.79 Å². The molecule has 5 nitrogen and oxygen atoms in total. The monoisotopic (exact) mass is 449 g/mol. The molecule has 0 aliphatic carbocycles. The number of amides is 1. The highest BCUT2D eigenvalue weighted by atomic mass is 28.3. The first-order valence-corrected chi connectivity index (χ1v) is 13.8. The van der Waals surface area contributed by atoms with Crippen LogP contribution < -0.4 is 0 Å². The van der Waals surface area contributed by atoms with Gasteiger partial charge in [-0.3, -0.25) is 4.79 Å². The second kappa shape index (κ2) is 10.7. The molecule has 1 N–H and O–H groups in total. The lowest BCUT2D eigenvalue weighted by Gasteiger charge is -2.43. The zero-order chi connectivity index (χ0) is 24.1. The van der Waals surface area contributed by atoms with E-state index >= 15 is 0 Å². The van der Waals surface area contributed by atoms with Gasteiger partial charge in [0, 0.05) is 13.6 Å². The molecule has 0 heterocycles. The van der Waals surface area contributed by atoms with Gasteiger partial charge in [-0.2, -0.15) is 0 Å². The summed E-state index contributed by atoms with van der Waals surface area (Å²) >= 11 is 0.